The molecule has 3 aromatic rings. The monoisotopic (exact) mass is 475 g/mol. The number of pyridine rings is 1. The van der Waals surface area contributed by atoms with Gasteiger partial charge in [0.05, 0.1) is 23.8 Å². The van der Waals surface area contributed by atoms with Crippen LogP contribution in [0.2, 0.25) is 0 Å². The minimum Gasteiger partial charge on any atom is -0.497 e. The third-order valence-corrected chi connectivity index (χ3v) is 6.02. The lowest BCUT2D eigenvalue weighted by atomic mass is 10.1. The average Bonchev–Trinajstić information content (AvgIpc) is 3.51. The van der Waals surface area contributed by atoms with Gasteiger partial charge in [-0.2, -0.15) is 0 Å². The number of hydrogen-bond acceptors (Lipinski definition) is 4. The number of methoxy groups -OCH3 is 1. The number of nitrogens with zero attached hydrogens (tertiary/aromatic N) is 2. The number of benzene rings is 2. The van der Waals surface area contributed by atoms with Gasteiger partial charge in [0.1, 0.15) is 5.75 Å². The zero-order valence-corrected chi connectivity index (χ0v) is 18.1. The first-order valence-corrected chi connectivity index (χ1v) is 10.7. The van der Waals surface area contributed by atoms with E-state index in [1.54, 1.807) is 7.11 Å². The number of hydrogen-bond donors (Lipinski definition) is 1. The smallest absolute Gasteiger partial charge is 0.119 e. The van der Waals surface area contributed by atoms with Crippen LogP contribution in [0, 0.1) is 3.57 Å². The Morgan fingerprint density at radius 1 is 1.11 bits per heavy atom. The molecule has 1 heterocycles. The van der Waals surface area contributed by atoms with Crippen LogP contribution in [-0.2, 0) is 0 Å². The van der Waals surface area contributed by atoms with Crippen LogP contribution in [0.4, 0.5) is 5.69 Å². The number of rotatable bonds is 8. The molecule has 0 atom stereocenters. The van der Waals surface area contributed by atoms with E-state index in [0.717, 1.165) is 41.2 Å². The number of halogens is 1. The molecule has 4 rings (SSSR count). The Morgan fingerprint density at radius 2 is 1.96 bits per heavy atom. The minimum absolute atomic E-state index is 0.848. The van der Waals surface area contributed by atoms with Crippen LogP contribution in [0.25, 0.3) is 21.8 Å². The van der Waals surface area contributed by atoms with Gasteiger partial charge >= 0.3 is 0 Å². The summed E-state index contributed by atoms with van der Waals surface area (Å²) in [6.45, 7) is 2.16. The molecule has 0 spiro atoms. The first-order valence-electron chi connectivity index (χ1n) is 9.67. The highest BCUT2D eigenvalue weighted by Gasteiger charge is 2.25. The van der Waals surface area contributed by atoms with E-state index in [4.69, 9.17) is 9.72 Å². The molecule has 0 amide bonds. The van der Waals surface area contributed by atoms with Gasteiger partial charge in [-0.05, 0) is 98.3 Å². The summed E-state index contributed by atoms with van der Waals surface area (Å²) in [5.74, 6) is 0.864. The Hall–Kier alpha value is -1.60. The van der Waals surface area contributed by atoms with Crippen molar-refractivity contribution in [2.24, 2.45) is 0 Å². The van der Waals surface area contributed by atoms with Crippen LogP contribution >= 0.6 is 22.6 Å². The average molecular weight is 475 g/mol. The van der Waals surface area contributed by atoms with Gasteiger partial charge in [-0.15, -0.1) is 0 Å². The predicted molar refractivity (Wildman–Crippen MR) is 122 cm³/mol. The highest BCUT2D eigenvalue weighted by molar-refractivity contribution is 14.1. The van der Waals surface area contributed by atoms with Gasteiger partial charge in [-0.25, -0.2) is 4.98 Å². The fraction of sp³-hybridized carbons (Fsp3) is 0.409. The fourth-order valence-electron chi connectivity index (χ4n) is 3.61. The van der Waals surface area contributed by atoms with Crippen molar-refractivity contribution in [2.45, 2.75) is 31.7 Å². The Morgan fingerprint density at radius 3 is 2.74 bits per heavy atom. The summed E-state index contributed by atoms with van der Waals surface area (Å²) in [5.41, 5.74) is 3.21. The highest BCUT2D eigenvalue weighted by Crippen LogP contribution is 2.33. The molecule has 27 heavy (non-hydrogen) atoms. The number of aromatic nitrogens is 1. The fourth-order valence-corrected chi connectivity index (χ4v) is 4.09. The molecule has 1 N–H and O–H groups in total. The summed E-state index contributed by atoms with van der Waals surface area (Å²) in [5, 5.41) is 6.00. The van der Waals surface area contributed by atoms with Gasteiger partial charge in [-0.1, -0.05) is 0 Å². The maximum Gasteiger partial charge on any atom is 0.119 e. The Kier molecular flexibility index (Phi) is 5.68. The van der Waals surface area contributed by atoms with Crippen molar-refractivity contribution >= 4 is 50.1 Å². The molecular weight excluding hydrogens is 449 g/mol. The zero-order chi connectivity index (χ0) is 18.8. The van der Waals surface area contributed by atoms with Crippen molar-refractivity contribution in [2.75, 3.05) is 32.6 Å². The zero-order valence-electron chi connectivity index (χ0n) is 16.0. The number of unbranched alkanes of at least 4 members (excludes halogenated alkanes) is 1. The quantitative estimate of drug-likeness (QED) is 0.273. The van der Waals surface area contributed by atoms with Gasteiger partial charge in [-0.3, -0.25) is 0 Å². The van der Waals surface area contributed by atoms with Crippen LogP contribution in [-0.4, -0.2) is 43.2 Å². The van der Waals surface area contributed by atoms with E-state index in [1.165, 1.54) is 40.5 Å². The lowest BCUT2D eigenvalue weighted by molar-refractivity contribution is 0.317. The van der Waals surface area contributed by atoms with Crippen LogP contribution in [0.3, 0.4) is 0 Å². The largest absolute Gasteiger partial charge is 0.497 e. The van der Waals surface area contributed by atoms with Crippen molar-refractivity contribution in [3.63, 3.8) is 0 Å². The number of fused-ring (bicyclic) bond motifs is 2. The molecule has 1 aromatic heterocycles. The molecule has 1 aliphatic rings. The van der Waals surface area contributed by atoms with Crippen LogP contribution < -0.4 is 10.1 Å². The van der Waals surface area contributed by atoms with Crippen molar-refractivity contribution in [3.05, 3.63) is 40.0 Å². The minimum atomic E-state index is 0.848. The lowest BCUT2D eigenvalue weighted by Gasteiger charge is -2.16. The first kappa shape index (κ1) is 18.7. The van der Waals surface area contributed by atoms with E-state index in [9.17, 15) is 0 Å². The standard InChI is InChI=1S/C22H26IN3O/c1-26(16-6-7-16)12-4-3-11-24-22-18-9-5-15(23)13-21(18)25-20-10-8-17(27-2)14-19(20)22/h5,8-10,13-14,16H,3-4,6-7,11-12H2,1-2H3,(H,24,25). The van der Waals surface area contributed by atoms with Crippen molar-refractivity contribution in [1.82, 2.24) is 9.88 Å². The summed E-state index contributed by atoms with van der Waals surface area (Å²) in [6.07, 6.45) is 5.15. The number of anilines is 1. The molecule has 0 aliphatic heterocycles. The SMILES string of the molecule is COc1ccc2nc3cc(I)ccc3c(NCCCCN(C)C3CC3)c2c1. The lowest BCUT2D eigenvalue weighted by Crippen LogP contribution is -2.22. The number of nitrogens with one attached hydrogen (secondary N) is 1. The molecule has 0 bridgehead atoms. The van der Waals surface area contributed by atoms with Crippen molar-refractivity contribution in [3.8, 4) is 5.75 Å². The van der Waals surface area contributed by atoms with Crippen molar-refractivity contribution in [1.29, 1.82) is 0 Å². The Bertz CT molecular complexity index is 955. The maximum atomic E-state index is 5.44. The molecule has 1 saturated carbocycles. The van der Waals surface area contributed by atoms with E-state index >= 15 is 0 Å². The van der Waals surface area contributed by atoms with E-state index in [1.807, 2.05) is 12.1 Å². The molecule has 0 radical (unpaired) electrons. The number of ether oxygens (including phenoxy) is 1. The topological polar surface area (TPSA) is 37.4 Å². The normalized spacial score (nSPS) is 14.2. The van der Waals surface area contributed by atoms with E-state index in [-0.39, 0.29) is 0 Å². The molecule has 1 fully saturated rings. The van der Waals surface area contributed by atoms with Crippen LogP contribution in [0.1, 0.15) is 25.7 Å². The molecular formula is C22H26IN3O. The van der Waals surface area contributed by atoms with E-state index in [2.05, 4.69) is 64.1 Å². The summed E-state index contributed by atoms with van der Waals surface area (Å²) < 4.78 is 6.65. The Balaban J connectivity index is 1.57. The first-order chi connectivity index (χ1) is 13.2. The summed E-state index contributed by atoms with van der Waals surface area (Å²) in [7, 11) is 3.96. The molecule has 1 aliphatic carbocycles. The second kappa shape index (κ2) is 8.19. The summed E-state index contributed by atoms with van der Waals surface area (Å²) in [6, 6.07) is 13.4. The van der Waals surface area contributed by atoms with Crippen LogP contribution in [0.15, 0.2) is 36.4 Å². The maximum absolute atomic E-state index is 5.44. The molecule has 2 aromatic carbocycles. The van der Waals surface area contributed by atoms with Gasteiger partial charge in [0.25, 0.3) is 0 Å². The molecule has 0 unspecified atom stereocenters. The van der Waals surface area contributed by atoms with Gasteiger partial charge in [0, 0.05) is 26.9 Å². The molecule has 5 heteroatoms. The van der Waals surface area contributed by atoms with Gasteiger partial charge in [0.15, 0.2) is 0 Å². The van der Waals surface area contributed by atoms with E-state index < -0.39 is 0 Å². The summed E-state index contributed by atoms with van der Waals surface area (Å²) in [4.78, 5) is 7.37. The Labute approximate surface area is 174 Å². The third-order valence-electron chi connectivity index (χ3n) is 5.35. The third kappa shape index (κ3) is 4.29. The second-order valence-corrected chi connectivity index (χ2v) is 8.62. The molecule has 4 nitrogen and oxygen atoms in total. The second-order valence-electron chi connectivity index (χ2n) is 7.38. The highest BCUT2D eigenvalue weighted by atomic mass is 127. The van der Waals surface area contributed by atoms with Crippen molar-refractivity contribution < 1.29 is 4.74 Å². The van der Waals surface area contributed by atoms with Gasteiger partial charge in [0.2, 0.25) is 0 Å². The predicted octanol–water partition coefficient (Wildman–Crippen LogP) is 5.29. The molecule has 0 saturated heterocycles. The summed E-state index contributed by atoms with van der Waals surface area (Å²) >= 11 is 2.35. The van der Waals surface area contributed by atoms with Gasteiger partial charge < -0.3 is 15.0 Å². The molecule has 142 valence electrons. The van der Waals surface area contributed by atoms with Crippen LogP contribution in [0.5, 0.6) is 5.75 Å². The van der Waals surface area contributed by atoms with E-state index in [0.29, 0.717) is 0 Å².